The molecule has 1 N–H and O–H groups in total. The molecule has 14 nitrogen and oxygen atoms in total. The maximum Gasteiger partial charge on any atom is 0.211 e. The Labute approximate surface area is 386 Å². The predicted octanol–water partition coefficient (Wildman–Crippen LogP) is 9.24. The third-order valence-electron chi connectivity index (χ3n) is 11.7. The number of nitrogens with one attached hydrogen (secondary N) is 1. The van der Waals surface area contributed by atoms with Crippen molar-refractivity contribution in [1.82, 2.24) is 59.2 Å². The second kappa shape index (κ2) is 18.6. The average molecular weight is 959 g/mol. The summed E-state index contributed by atoms with van der Waals surface area (Å²) in [5, 5.41) is 31.4. The maximum atomic E-state index is 14.8. The van der Waals surface area contributed by atoms with Crippen molar-refractivity contribution < 1.29 is 26.0 Å². The molecule has 0 spiro atoms. The normalized spacial score (nSPS) is 15.6. The van der Waals surface area contributed by atoms with Gasteiger partial charge in [0.2, 0.25) is 10.0 Å². The minimum Gasteiger partial charge on any atom is -0.317 e. The second-order valence-corrected chi connectivity index (χ2v) is 21.1. The first kappa shape index (κ1) is 45.5. The number of piperidine rings is 2. The van der Waals surface area contributed by atoms with Gasteiger partial charge in [-0.05, 0) is 87.3 Å². The lowest BCUT2D eigenvalue weighted by Crippen LogP contribution is -2.37. The molecule has 2 saturated heterocycles. The molecule has 8 heterocycles. The van der Waals surface area contributed by atoms with E-state index in [0.29, 0.717) is 76.6 Å². The Morgan fingerprint density at radius 2 is 1.06 bits per heavy atom. The third kappa shape index (κ3) is 9.22. The highest BCUT2D eigenvalue weighted by molar-refractivity contribution is 7.88. The number of aromatic nitrogens is 10. The smallest absolute Gasteiger partial charge is 0.211 e. The molecule has 2 aliphatic rings. The maximum absolute atomic E-state index is 14.8. The molecule has 0 unspecified atom stereocenters. The lowest BCUT2D eigenvalue weighted by Gasteiger charge is -2.29. The van der Waals surface area contributed by atoms with E-state index >= 15 is 0 Å². The second-order valence-electron chi connectivity index (χ2n) is 17.1. The zero-order valence-electron chi connectivity index (χ0n) is 36.7. The molecule has 6 aromatic heterocycles. The van der Waals surface area contributed by atoms with Crippen molar-refractivity contribution in [2.75, 3.05) is 32.4 Å². The van der Waals surface area contributed by atoms with E-state index < -0.39 is 33.3 Å². The van der Waals surface area contributed by atoms with Crippen LogP contribution in [0.15, 0.2) is 60.7 Å². The Morgan fingerprint density at radius 3 is 1.47 bits per heavy atom. The molecular formula is C45H46F4N12O2S3. The number of halogens is 4. The fraction of sp³-hybridized carbons (Fsp3) is 0.378. The van der Waals surface area contributed by atoms with Crippen molar-refractivity contribution >= 4 is 44.0 Å². The number of nitrogens with zero attached hydrogens (tertiary/aromatic N) is 11. The van der Waals surface area contributed by atoms with Crippen molar-refractivity contribution in [2.24, 2.45) is 0 Å². The summed E-state index contributed by atoms with van der Waals surface area (Å²) in [4.78, 5) is 11.1. The topological polar surface area (TPSA) is 161 Å². The van der Waals surface area contributed by atoms with E-state index in [1.165, 1.54) is 57.5 Å². The van der Waals surface area contributed by atoms with Gasteiger partial charge in [-0.3, -0.25) is 0 Å². The summed E-state index contributed by atoms with van der Waals surface area (Å²) in [6.45, 7) is 10.7. The zero-order chi connectivity index (χ0) is 46.4. The molecule has 0 radical (unpaired) electrons. The first-order valence-corrected chi connectivity index (χ1v) is 25.1. The molecule has 8 aromatic rings. The molecule has 0 atom stereocenters. The van der Waals surface area contributed by atoms with Gasteiger partial charge in [-0.15, -0.1) is 43.1 Å². The molecule has 10 rings (SSSR count). The fourth-order valence-corrected chi connectivity index (χ4v) is 11.5. The Bertz CT molecular complexity index is 3170. The molecule has 66 heavy (non-hydrogen) atoms. The number of hydrogen-bond acceptors (Lipinski definition) is 13. The van der Waals surface area contributed by atoms with Crippen LogP contribution in [0.2, 0.25) is 0 Å². The number of fused-ring (bicyclic) bond motifs is 2. The van der Waals surface area contributed by atoms with Gasteiger partial charge < -0.3 is 5.32 Å². The Hall–Kier alpha value is -5.61. The zero-order valence-corrected chi connectivity index (χ0v) is 39.2. The predicted molar refractivity (Wildman–Crippen MR) is 246 cm³/mol. The minimum atomic E-state index is -3.25. The lowest BCUT2D eigenvalue weighted by atomic mass is 9.99. The highest BCUT2D eigenvalue weighted by Crippen LogP contribution is 2.43. The highest BCUT2D eigenvalue weighted by Gasteiger charge is 2.31. The van der Waals surface area contributed by atoms with Gasteiger partial charge in [-0.2, -0.15) is 19.2 Å². The third-order valence-corrected chi connectivity index (χ3v) is 15.5. The van der Waals surface area contributed by atoms with Crippen molar-refractivity contribution in [3.8, 4) is 43.7 Å². The van der Waals surface area contributed by atoms with Crippen molar-refractivity contribution in [2.45, 2.75) is 77.0 Å². The molecule has 2 aromatic carbocycles. The van der Waals surface area contributed by atoms with Crippen molar-refractivity contribution in [3.05, 3.63) is 106 Å². The van der Waals surface area contributed by atoms with Gasteiger partial charge in [0, 0.05) is 60.0 Å². The van der Waals surface area contributed by atoms with Gasteiger partial charge in [-0.1, -0.05) is 27.7 Å². The number of sulfonamides is 1. The Balaban J connectivity index is 0.000000167. The van der Waals surface area contributed by atoms with E-state index in [-0.39, 0.29) is 28.9 Å². The van der Waals surface area contributed by atoms with Gasteiger partial charge in [-0.25, -0.2) is 40.3 Å². The van der Waals surface area contributed by atoms with Crippen molar-refractivity contribution in [3.63, 3.8) is 0 Å². The minimum absolute atomic E-state index is 0.0267. The Kier molecular flexibility index (Phi) is 12.8. The van der Waals surface area contributed by atoms with E-state index in [1.54, 1.807) is 21.2 Å². The number of hydrogen-bond donors (Lipinski definition) is 1. The molecule has 2 fully saturated rings. The summed E-state index contributed by atoms with van der Waals surface area (Å²) in [5.41, 5.74) is 3.87. The van der Waals surface area contributed by atoms with Gasteiger partial charge in [0.15, 0.2) is 22.9 Å². The molecule has 0 saturated carbocycles. The average Bonchev–Trinajstić information content (AvgIpc) is 4.11. The van der Waals surface area contributed by atoms with Crippen LogP contribution < -0.4 is 5.32 Å². The molecule has 0 aliphatic carbocycles. The molecule has 344 valence electrons. The largest absolute Gasteiger partial charge is 0.317 e. The molecule has 0 amide bonds. The van der Waals surface area contributed by atoms with Crippen molar-refractivity contribution in [1.29, 1.82) is 0 Å². The molecule has 0 bridgehead atoms. The van der Waals surface area contributed by atoms with Gasteiger partial charge in [0.1, 0.15) is 34.7 Å². The number of thiazole rings is 2. The standard InChI is InChI=1S/C23H24F2N6O2S2.C22H22F2N6S/c1-13(2)22-28-27-19-7-6-18(29-31(19)22)21-20(16-5-4-15(24)12-17(16)25)26-23(34-21)14-8-10-30(11-9-14)35(3,32)33;1-12(2)21-28-27-18-6-5-17(29-30(18)21)20-19(15-4-3-14(23)11-16(15)24)26-22(31-20)13-7-9-25-10-8-13/h4-7,12-14H,8-11H2,1-3H3;3-6,11-13,25H,7-10H2,1-2H3. The van der Waals surface area contributed by atoms with Crippen LogP contribution in [0.5, 0.6) is 0 Å². The van der Waals surface area contributed by atoms with Gasteiger partial charge >= 0.3 is 0 Å². The number of benzene rings is 2. The van der Waals surface area contributed by atoms with E-state index in [0.717, 1.165) is 58.8 Å². The van der Waals surface area contributed by atoms with Crippen LogP contribution in [-0.2, 0) is 10.0 Å². The first-order valence-electron chi connectivity index (χ1n) is 21.7. The summed E-state index contributed by atoms with van der Waals surface area (Å²) in [6, 6.07) is 14.4. The summed E-state index contributed by atoms with van der Waals surface area (Å²) < 4.78 is 85.4. The van der Waals surface area contributed by atoms with E-state index in [1.807, 2.05) is 39.8 Å². The summed E-state index contributed by atoms with van der Waals surface area (Å²) >= 11 is 2.94. The molecule has 21 heteroatoms. The van der Waals surface area contributed by atoms with Crippen LogP contribution in [0.25, 0.3) is 55.0 Å². The summed E-state index contributed by atoms with van der Waals surface area (Å²) in [6.07, 6.45) is 4.39. The molecule has 2 aliphatic heterocycles. The van der Waals surface area contributed by atoms with Crippen LogP contribution in [0.3, 0.4) is 0 Å². The van der Waals surface area contributed by atoms with E-state index in [4.69, 9.17) is 20.2 Å². The summed E-state index contributed by atoms with van der Waals surface area (Å²) in [7, 11) is -3.25. The number of rotatable bonds is 9. The highest BCUT2D eigenvalue weighted by atomic mass is 32.2. The van der Waals surface area contributed by atoms with E-state index in [9.17, 15) is 26.0 Å². The van der Waals surface area contributed by atoms with Crippen LogP contribution in [0, 0.1) is 23.3 Å². The van der Waals surface area contributed by atoms with Crippen LogP contribution in [0.4, 0.5) is 17.6 Å². The first-order chi connectivity index (χ1) is 31.6. The molecular weight excluding hydrogens is 913 g/mol. The van der Waals surface area contributed by atoms with Crippen LogP contribution >= 0.6 is 22.7 Å². The van der Waals surface area contributed by atoms with Crippen LogP contribution in [-0.4, -0.2) is 94.7 Å². The van der Waals surface area contributed by atoms with Gasteiger partial charge in [0.05, 0.1) is 37.4 Å². The lowest BCUT2D eigenvalue weighted by molar-refractivity contribution is 0.321. The SMILES string of the molecule is CC(C)c1nnc2ccc(-c3sc(C4CCN(S(C)(=O)=O)CC4)nc3-c3ccc(F)cc3F)nn12.CC(C)c1nnc2ccc(-c3sc(C4CCNCC4)nc3-c3ccc(F)cc3F)nn12. The quantitative estimate of drug-likeness (QED) is 0.137. The fourth-order valence-electron chi connectivity index (χ4n) is 8.17. The van der Waals surface area contributed by atoms with Crippen LogP contribution in [0.1, 0.15) is 98.7 Å². The Morgan fingerprint density at radius 1 is 0.621 bits per heavy atom. The monoisotopic (exact) mass is 958 g/mol. The van der Waals surface area contributed by atoms with E-state index in [2.05, 4.69) is 25.7 Å². The van der Waals surface area contributed by atoms with Gasteiger partial charge in [0.25, 0.3) is 0 Å². The summed E-state index contributed by atoms with van der Waals surface area (Å²) in [5.74, 6) is -0.559.